The van der Waals surface area contributed by atoms with Crippen LogP contribution in [0.25, 0.3) is 11.0 Å². The molecule has 7 nitrogen and oxygen atoms in total. The standard InChI is InChI=1S/C28H36N4O3/c1-6-31-23-17-21(29-25(33)19-11-13-20(14-12-19)28(3,4)5)22(30-15-9-8-10-16-30)18-24(23)32(7-2)27(35)26(31)34/h11-14,17-18H,6-10,15-16H2,1-5H3,(H,29,33). The molecule has 1 aliphatic heterocycles. The lowest BCUT2D eigenvalue weighted by Crippen LogP contribution is -2.41. The Morgan fingerprint density at radius 3 is 1.91 bits per heavy atom. The number of carbonyl (C=O) groups is 1. The second-order valence-corrected chi connectivity index (χ2v) is 10.3. The predicted octanol–water partition coefficient (Wildman–Crippen LogP) is 4.74. The largest absolute Gasteiger partial charge is 0.370 e. The Hall–Kier alpha value is -3.35. The summed E-state index contributed by atoms with van der Waals surface area (Å²) in [5, 5.41) is 3.11. The van der Waals surface area contributed by atoms with Crippen LogP contribution in [0.15, 0.2) is 46.0 Å². The molecule has 0 atom stereocenters. The predicted molar refractivity (Wildman–Crippen MR) is 143 cm³/mol. The maximum absolute atomic E-state index is 13.3. The van der Waals surface area contributed by atoms with Crippen LogP contribution >= 0.6 is 0 Å². The van der Waals surface area contributed by atoms with Crippen molar-refractivity contribution in [2.75, 3.05) is 23.3 Å². The molecule has 186 valence electrons. The third-order valence-corrected chi connectivity index (χ3v) is 6.94. The first-order valence-electron chi connectivity index (χ1n) is 12.6. The number of aryl methyl sites for hydroxylation is 2. The Morgan fingerprint density at radius 2 is 1.40 bits per heavy atom. The molecule has 1 aromatic heterocycles. The summed E-state index contributed by atoms with van der Waals surface area (Å²) >= 11 is 0. The molecule has 1 fully saturated rings. The van der Waals surface area contributed by atoms with E-state index in [1.165, 1.54) is 21.1 Å². The van der Waals surface area contributed by atoms with Gasteiger partial charge in [0.1, 0.15) is 0 Å². The molecule has 2 aromatic carbocycles. The minimum Gasteiger partial charge on any atom is -0.370 e. The Balaban J connectivity index is 1.84. The zero-order valence-corrected chi connectivity index (χ0v) is 21.5. The summed E-state index contributed by atoms with van der Waals surface area (Å²) in [4.78, 5) is 41.1. The second kappa shape index (κ2) is 9.72. The number of rotatable bonds is 5. The summed E-state index contributed by atoms with van der Waals surface area (Å²) < 4.78 is 3.03. The van der Waals surface area contributed by atoms with E-state index < -0.39 is 11.1 Å². The third kappa shape index (κ3) is 4.77. The van der Waals surface area contributed by atoms with E-state index in [0.29, 0.717) is 35.4 Å². The van der Waals surface area contributed by atoms with E-state index in [9.17, 15) is 14.4 Å². The molecule has 0 saturated carbocycles. The van der Waals surface area contributed by atoms with E-state index in [1.54, 1.807) is 0 Å². The molecule has 2 heterocycles. The Morgan fingerprint density at radius 1 is 0.857 bits per heavy atom. The van der Waals surface area contributed by atoms with Gasteiger partial charge in [0, 0.05) is 31.7 Å². The highest BCUT2D eigenvalue weighted by Gasteiger charge is 2.21. The van der Waals surface area contributed by atoms with Crippen LogP contribution in [0.1, 0.15) is 69.8 Å². The molecule has 7 heteroatoms. The number of hydrogen-bond donors (Lipinski definition) is 1. The summed E-state index contributed by atoms with van der Waals surface area (Å²) in [5.41, 5.74) is 3.61. The number of hydrogen-bond acceptors (Lipinski definition) is 4. The molecule has 0 bridgehead atoms. The highest BCUT2D eigenvalue weighted by atomic mass is 16.2. The van der Waals surface area contributed by atoms with Crippen molar-refractivity contribution < 1.29 is 4.79 Å². The maximum atomic E-state index is 13.3. The fourth-order valence-corrected chi connectivity index (χ4v) is 4.89. The molecule has 1 saturated heterocycles. The Bertz CT molecular complexity index is 1350. The highest BCUT2D eigenvalue weighted by Crippen LogP contribution is 2.33. The van der Waals surface area contributed by atoms with Crippen molar-refractivity contribution in [3.8, 4) is 0 Å². The smallest absolute Gasteiger partial charge is 0.316 e. The van der Waals surface area contributed by atoms with Gasteiger partial charge in [0.15, 0.2) is 0 Å². The lowest BCUT2D eigenvalue weighted by atomic mass is 9.87. The normalized spacial score (nSPS) is 14.4. The van der Waals surface area contributed by atoms with Gasteiger partial charge in [0.2, 0.25) is 0 Å². The molecule has 0 aliphatic carbocycles. The molecule has 0 unspecified atom stereocenters. The van der Waals surface area contributed by atoms with Gasteiger partial charge in [-0.05, 0) is 68.4 Å². The number of piperidine rings is 1. The average molecular weight is 477 g/mol. The van der Waals surface area contributed by atoms with Crippen molar-refractivity contribution in [1.82, 2.24) is 9.13 Å². The number of nitrogens with one attached hydrogen (secondary N) is 1. The number of amides is 1. The van der Waals surface area contributed by atoms with Gasteiger partial charge < -0.3 is 19.4 Å². The molecule has 1 N–H and O–H groups in total. The van der Waals surface area contributed by atoms with Crippen LogP contribution in [-0.2, 0) is 18.5 Å². The minimum absolute atomic E-state index is 0.00761. The van der Waals surface area contributed by atoms with Gasteiger partial charge in [-0.25, -0.2) is 0 Å². The molecule has 4 rings (SSSR count). The van der Waals surface area contributed by atoms with E-state index in [1.807, 2.05) is 50.2 Å². The monoisotopic (exact) mass is 476 g/mol. The van der Waals surface area contributed by atoms with Gasteiger partial charge >= 0.3 is 11.1 Å². The molecular formula is C28H36N4O3. The van der Waals surface area contributed by atoms with Gasteiger partial charge in [0.05, 0.1) is 22.4 Å². The first-order chi connectivity index (χ1) is 16.7. The molecule has 3 aromatic rings. The SMILES string of the molecule is CCn1c(=O)c(=O)n(CC)c2cc(N3CCCCC3)c(NC(=O)c3ccc(C(C)(C)C)cc3)cc21. The molecule has 1 aliphatic rings. The average Bonchev–Trinajstić information content (AvgIpc) is 2.85. The lowest BCUT2D eigenvalue weighted by Gasteiger charge is -2.31. The van der Waals surface area contributed by atoms with Crippen LogP contribution in [0.5, 0.6) is 0 Å². The zero-order valence-electron chi connectivity index (χ0n) is 21.5. The first-order valence-corrected chi connectivity index (χ1v) is 12.6. The fraction of sp³-hybridized carbons (Fsp3) is 0.464. The summed E-state index contributed by atoms with van der Waals surface area (Å²) in [6.45, 7) is 12.7. The van der Waals surface area contributed by atoms with Crippen molar-refractivity contribution in [3.63, 3.8) is 0 Å². The van der Waals surface area contributed by atoms with Gasteiger partial charge in [-0.1, -0.05) is 32.9 Å². The zero-order chi connectivity index (χ0) is 25.3. The Kier molecular flexibility index (Phi) is 6.88. The fourth-order valence-electron chi connectivity index (χ4n) is 4.89. The van der Waals surface area contributed by atoms with E-state index in [4.69, 9.17) is 0 Å². The van der Waals surface area contributed by atoms with Gasteiger partial charge in [-0.3, -0.25) is 14.4 Å². The van der Waals surface area contributed by atoms with E-state index in [2.05, 4.69) is 31.0 Å². The van der Waals surface area contributed by atoms with Crippen molar-refractivity contribution in [2.45, 2.75) is 72.4 Å². The Labute approximate surface area is 206 Å². The molecule has 0 radical (unpaired) electrons. The lowest BCUT2D eigenvalue weighted by molar-refractivity contribution is 0.102. The number of benzene rings is 2. The van der Waals surface area contributed by atoms with E-state index in [-0.39, 0.29) is 11.3 Å². The van der Waals surface area contributed by atoms with E-state index in [0.717, 1.165) is 31.6 Å². The first kappa shape index (κ1) is 24.8. The van der Waals surface area contributed by atoms with Gasteiger partial charge in [-0.2, -0.15) is 0 Å². The number of nitrogens with zero attached hydrogens (tertiary/aromatic N) is 3. The van der Waals surface area contributed by atoms with Crippen LogP contribution in [0.2, 0.25) is 0 Å². The molecule has 1 amide bonds. The van der Waals surface area contributed by atoms with Crippen LogP contribution < -0.4 is 21.3 Å². The highest BCUT2D eigenvalue weighted by molar-refractivity contribution is 6.07. The summed E-state index contributed by atoms with van der Waals surface area (Å²) in [7, 11) is 0. The van der Waals surface area contributed by atoms with Crippen molar-refractivity contribution >= 4 is 28.3 Å². The number of aromatic nitrogens is 2. The summed E-state index contributed by atoms with van der Waals surface area (Å²) in [5.74, 6) is -0.197. The number of carbonyl (C=O) groups excluding carboxylic acids is 1. The quantitative estimate of drug-likeness (QED) is 0.540. The molecule has 0 spiro atoms. The topological polar surface area (TPSA) is 76.3 Å². The third-order valence-electron chi connectivity index (χ3n) is 6.94. The van der Waals surface area contributed by atoms with Crippen LogP contribution in [0.3, 0.4) is 0 Å². The van der Waals surface area contributed by atoms with Crippen molar-refractivity contribution in [1.29, 1.82) is 0 Å². The van der Waals surface area contributed by atoms with Crippen LogP contribution in [0.4, 0.5) is 11.4 Å². The van der Waals surface area contributed by atoms with Gasteiger partial charge in [0.25, 0.3) is 5.91 Å². The van der Waals surface area contributed by atoms with Crippen LogP contribution in [0, 0.1) is 0 Å². The van der Waals surface area contributed by atoms with Crippen molar-refractivity contribution in [2.24, 2.45) is 0 Å². The van der Waals surface area contributed by atoms with Gasteiger partial charge in [-0.15, -0.1) is 0 Å². The molecular weight excluding hydrogens is 440 g/mol. The number of anilines is 2. The number of fused-ring (bicyclic) bond motifs is 1. The maximum Gasteiger partial charge on any atom is 0.316 e. The minimum atomic E-state index is -0.539. The molecule has 35 heavy (non-hydrogen) atoms. The second-order valence-electron chi connectivity index (χ2n) is 10.3. The summed E-state index contributed by atoms with van der Waals surface area (Å²) in [6.07, 6.45) is 3.34. The van der Waals surface area contributed by atoms with E-state index >= 15 is 0 Å². The summed E-state index contributed by atoms with van der Waals surface area (Å²) in [6, 6.07) is 11.5. The van der Waals surface area contributed by atoms with Crippen molar-refractivity contribution in [3.05, 3.63) is 68.2 Å². The van der Waals surface area contributed by atoms with Crippen LogP contribution in [-0.4, -0.2) is 28.1 Å².